The van der Waals surface area contributed by atoms with Crippen LogP contribution in [0.25, 0.3) is 0 Å². The van der Waals surface area contributed by atoms with E-state index in [1.54, 1.807) is 26.2 Å². The third-order valence-corrected chi connectivity index (χ3v) is 3.04. The van der Waals surface area contributed by atoms with Gasteiger partial charge < -0.3 is 15.2 Å². The highest BCUT2D eigenvalue weighted by atomic mass is 35.5. The van der Waals surface area contributed by atoms with E-state index in [0.29, 0.717) is 18.1 Å². The summed E-state index contributed by atoms with van der Waals surface area (Å²) in [6, 6.07) is 7.12. The van der Waals surface area contributed by atoms with Crippen molar-refractivity contribution in [3.8, 4) is 0 Å². The molecule has 1 unspecified atom stereocenters. The molecule has 19 heavy (non-hydrogen) atoms. The molecule has 106 valence electrons. The van der Waals surface area contributed by atoms with Crippen LogP contribution in [-0.2, 0) is 16.0 Å². The molecule has 0 spiro atoms. The van der Waals surface area contributed by atoms with Gasteiger partial charge in [-0.15, -0.1) is 0 Å². The van der Waals surface area contributed by atoms with Gasteiger partial charge in [-0.1, -0.05) is 23.7 Å². The Hall–Kier alpha value is -1.10. The number of rotatable bonds is 7. The van der Waals surface area contributed by atoms with Gasteiger partial charge in [0.15, 0.2) is 0 Å². The number of aliphatic hydroxyl groups is 1. The van der Waals surface area contributed by atoms with Crippen LogP contribution in [0.5, 0.6) is 0 Å². The summed E-state index contributed by atoms with van der Waals surface area (Å²) >= 11 is 5.77. The fourth-order valence-corrected chi connectivity index (χ4v) is 1.68. The summed E-state index contributed by atoms with van der Waals surface area (Å²) in [7, 11) is 1.58. The van der Waals surface area contributed by atoms with E-state index < -0.39 is 5.60 Å². The number of carbonyl (C=O) groups excluding carboxylic acids is 1. The van der Waals surface area contributed by atoms with Crippen molar-refractivity contribution in [2.45, 2.75) is 25.4 Å². The van der Waals surface area contributed by atoms with Crippen LogP contribution < -0.4 is 5.32 Å². The average Bonchev–Trinajstić information content (AvgIpc) is 2.37. The Kier molecular flexibility index (Phi) is 6.28. The highest BCUT2D eigenvalue weighted by molar-refractivity contribution is 6.30. The van der Waals surface area contributed by atoms with Crippen molar-refractivity contribution >= 4 is 17.5 Å². The molecule has 1 aromatic rings. The molecule has 5 heteroatoms. The Morgan fingerprint density at radius 2 is 2.05 bits per heavy atom. The van der Waals surface area contributed by atoms with Crippen LogP contribution in [0, 0.1) is 0 Å². The molecule has 0 aromatic heterocycles. The van der Waals surface area contributed by atoms with Gasteiger partial charge in [0.1, 0.15) is 0 Å². The summed E-state index contributed by atoms with van der Waals surface area (Å²) < 4.78 is 4.91. The number of hydrogen-bond acceptors (Lipinski definition) is 3. The topological polar surface area (TPSA) is 58.6 Å². The summed E-state index contributed by atoms with van der Waals surface area (Å²) in [5.74, 6) is -0.125. The summed E-state index contributed by atoms with van der Waals surface area (Å²) in [5, 5.41) is 13.3. The lowest BCUT2D eigenvalue weighted by Gasteiger charge is -2.23. The third kappa shape index (κ3) is 6.57. The second-order valence-electron chi connectivity index (χ2n) is 4.82. The molecule has 1 aromatic carbocycles. The van der Waals surface area contributed by atoms with E-state index in [-0.39, 0.29) is 18.9 Å². The molecule has 1 amide bonds. The van der Waals surface area contributed by atoms with Crippen LogP contribution in [0.3, 0.4) is 0 Å². The second kappa shape index (κ2) is 7.48. The van der Waals surface area contributed by atoms with Gasteiger partial charge in [-0.05, 0) is 24.6 Å². The van der Waals surface area contributed by atoms with Crippen molar-refractivity contribution in [2.24, 2.45) is 0 Å². The molecule has 2 N–H and O–H groups in total. The van der Waals surface area contributed by atoms with Gasteiger partial charge in [-0.2, -0.15) is 0 Å². The molecule has 0 aliphatic heterocycles. The Morgan fingerprint density at radius 3 is 2.63 bits per heavy atom. The normalized spacial score (nSPS) is 13.9. The molecule has 0 aliphatic carbocycles. The number of ether oxygens (including phenoxy) is 1. The molecule has 0 bridgehead atoms. The first-order valence-electron chi connectivity index (χ1n) is 6.15. The van der Waals surface area contributed by atoms with E-state index in [2.05, 4.69) is 5.32 Å². The second-order valence-corrected chi connectivity index (χ2v) is 5.26. The summed E-state index contributed by atoms with van der Waals surface area (Å²) in [4.78, 5) is 11.7. The van der Waals surface area contributed by atoms with Crippen molar-refractivity contribution in [3.05, 3.63) is 34.9 Å². The van der Waals surface area contributed by atoms with Crippen LogP contribution in [0.15, 0.2) is 24.3 Å². The number of methoxy groups -OCH3 is 1. The van der Waals surface area contributed by atoms with Crippen LogP contribution in [0.1, 0.15) is 18.9 Å². The van der Waals surface area contributed by atoms with Crippen LogP contribution in [-0.4, -0.2) is 36.9 Å². The Bertz CT molecular complexity index is 404. The monoisotopic (exact) mass is 285 g/mol. The van der Waals surface area contributed by atoms with Crippen LogP contribution in [0.2, 0.25) is 5.02 Å². The molecule has 0 fully saturated rings. The van der Waals surface area contributed by atoms with E-state index >= 15 is 0 Å². The van der Waals surface area contributed by atoms with Gasteiger partial charge in [0, 0.05) is 31.7 Å². The predicted molar refractivity (Wildman–Crippen MR) is 75.3 cm³/mol. The van der Waals surface area contributed by atoms with E-state index in [0.717, 1.165) is 5.56 Å². The molecule has 1 rings (SSSR count). The van der Waals surface area contributed by atoms with Gasteiger partial charge in [0.2, 0.25) is 5.91 Å². The third-order valence-electron chi connectivity index (χ3n) is 2.79. The fourth-order valence-electron chi connectivity index (χ4n) is 1.55. The summed E-state index contributed by atoms with van der Waals surface area (Å²) in [5.41, 5.74) is -0.0653. The van der Waals surface area contributed by atoms with Gasteiger partial charge in [-0.3, -0.25) is 4.79 Å². The largest absolute Gasteiger partial charge is 0.388 e. The minimum absolute atomic E-state index is 0.125. The maximum Gasteiger partial charge on any atom is 0.224 e. The molecular weight excluding hydrogens is 266 g/mol. The molecule has 0 saturated heterocycles. The number of benzene rings is 1. The molecular formula is C14H20ClNO3. The maximum absolute atomic E-state index is 11.7. The number of amides is 1. The van der Waals surface area contributed by atoms with Crippen molar-refractivity contribution in [1.82, 2.24) is 5.32 Å². The van der Waals surface area contributed by atoms with Crippen LogP contribution in [0.4, 0.5) is 0 Å². The van der Waals surface area contributed by atoms with E-state index in [1.165, 1.54) is 0 Å². The SMILES string of the molecule is COCCC(C)(O)CNC(=O)Cc1ccc(Cl)cc1. The fraction of sp³-hybridized carbons (Fsp3) is 0.500. The van der Waals surface area contributed by atoms with Crippen molar-refractivity contribution in [2.75, 3.05) is 20.3 Å². The lowest BCUT2D eigenvalue weighted by molar-refractivity contribution is -0.121. The van der Waals surface area contributed by atoms with Gasteiger partial charge in [-0.25, -0.2) is 0 Å². The number of carbonyl (C=O) groups is 1. The molecule has 0 heterocycles. The number of hydrogen-bond donors (Lipinski definition) is 2. The minimum Gasteiger partial charge on any atom is -0.388 e. The lowest BCUT2D eigenvalue weighted by atomic mass is 10.0. The smallest absolute Gasteiger partial charge is 0.224 e. The highest BCUT2D eigenvalue weighted by Crippen LogP contribution is 2.10. The predicted octanol–water partition coefficient (Wildman–Crippen LogP) is 1.79. The van der Waals surface area contributed by atoms with E-state index in [1.807, 2.05) is 12.1 Å². The molecule has 1 atom stereocenters. The first-order valence-corrected chi connectivity index (χ1v) is 6.53. The first kappa shape index (κ1) is 16.0. The Balaban J connectivity index is 2.37. The Morgan fingerprint density at radius 1 is 1.42 bits per heavy atom. The maximum atomic E-state index is 11.7. The lowest BCUT2D eigenvalue weighted by Crippen LogP contribution is -2.41. The Labute approximate surface area is 118 Å². The van der Waals surface area contributed by atoms with E-state index in [9.17, 15) is 9.90 Å². The zero-order chi connectivity index (χ0) is 14.3. The molecule has 0 saturated carbocycles. The van der Waals surface area contributed by atoms with E-state index in [4.69, 9.17) is 16.3 Å². The zero-order valence-electron chi connectivity index (χ0n) is 11.3. The first-order chi connectivity index (χ1) is 8.93. The van der Waals surface area contributed by atoms with Crippen molar-refractivity contribution in [3.63, 3.8) is 0 Å². The molecule has 0 aliphatic rings. The summed E-state index contributed by atoms with van der Waals surface area (Å²) in [6.45, 7) is 2.34. The van der Waals surface area contributed by atoms with Gasteiger partial charge in [0.25, 0.3) is 0 Å². The highest BCUT2D eigenvalue weighted by Gasteiger charge is 2.20. The standard InChI is InChI=1S/C14H20ClNO3/c1-14(18,7-8-19-2)10-16-13(17)9-11-3-5-12(15)6-4-11/h3-6,18H,7-10H2,1-2H3,(H,16,17). The molecule has 0 radical (unpaired) electrons. The number of halogens is 1. The van der Waals surface area contributed by atoms with Crippen molar-refractivity contribution < 1.29 is 14.6 Å². The molecule has 4 nitrogen and oxygen atoms in total. The van der Waals surface area contributed by atoms with Crippen LogP contribution >= 0.6 is 11.6 Å². The average molecular weight is 286 g/mol. The zero-order valence-corrected chi connectivity index (χ0v) is 12.0. The minimum atomic E-state index is -0.953. The number of nitrogens with one attached hydrogen (secondary N) is 1. The summed E-state index contributed by atoms with van der Waals surface area (Å²) in [6.07, 6.45) is 0.752. The quantitative estimate of drug-likeness (QED) is 0.803. The van der Waals surface area contributed by atoms with Gasteiger partial charge in [0.05, 0.1) is 12.0 Å². The van der Waals surface area contributed by atoms with Crippen molar-refractivity contribution in [1.29, 1.82) is 0 Å². The van der Waals surface area contributed by atoms with Gasteiger partial charge >= 0.3 is 0 Å².